The lowest BCUT2D eigenvalue weighted by atomic mass is 10.0. The molecule has 1 aromatic rings. The molecule has 0 saturated heterocycles. The first-order chi connectivity index (χ1) is 9.36. The molecule has 5 nitrogen and oxygen atoms in total. The summed E-state index contributed by atoms with van der Waals surface area (Å²) in [6, 6.07) is 0.288. The molecule has 0 saturated carbocycles. The Balaban J connectivity index is 2.96. The number of hydrogen-bond donors (Lipinski definition) is 1. The van der Waals surface area contributed by atoms with Crippen LogP contribution in [0.2, 0.25) is 0 Å². The van der Waals surface area contributed by atoms with E-state index in [9.17, 15) is 8.42 Å². The Morgan fingerprint density at radius 3 is 2.40 bits per heavy atom. The lowest BCUT2D eigenvalue weighted by Crippen LogP contribution is -2.21. The first-order valence-electron chi connectivity index (χ1n) is 7.33. The maximum atomic E-state index is 11.6. The molecule has 116 valence electrons. The number of nitrogens with zero attached hydrogens (tertiary/aromatic N) is 2. The SMILES string of the molecule is CCNC(CC)c1c(C)nn(CCS(=O)(=O)CC)c1C. The Kier molecular flexibility index (Phi) is 6.20. The predicted octanol–water partition coefficient (Wildman–Crippen LogP) is 2.00. The van der Waals surface area contributed by atoms with Gasteiger partial charge in [0.05, 0.1) is 18.0 Å². The Morgan fingerprint density at radius 1 is 1.25 bits per heavy atom. The second-order valence-electron chi connectivity index (χ2n) is 5.06. The van der Waals surface area contributed by atoms with Crippen LogP contribution in [0.1, 0.15) is 50.2 Å². The summed E-state index contributed by atoms with van der Waals surface area (Å²) in [5.41, 5.74) is 3.27. The lowest BCUT2D eigenvalue weighted by molar-refractivity contribution is 0.530. The van der Waals surface area contributed by atoms with Gasteiger partial charge in [-0.2, -0.15) is 5.10 Å². The highest BCUT2D eigenvalue weighted by molar-refractivity contribution is 7.91. The van der Waals surface area contributed by atoms with Crippen molar-refractivity contribution in [2.24, 2.45) is 0 Å². The van der Waals surface area contributed by atoms with E-state index in [4.69, 9.17) is 0 Å². The summed E-state index contributed by atoms with van der Waals surface area (Å²) in [5, 5.41) is 7.97. The van der Waals surface area contributed by atoms with Crippen molar-refractivity contribution < 1.29 is 8.42 Å². The molecule has 1 unspecified atom stereocenters. The van der Waals surface area contributed by atoms with Crippen molar-refractivity contribution in [2.45, 2.75) is 53.6 Å². The summed E-state index contributed by atoms with van der Waals surface area (Å²) in [6.45, 7) is 11.3. The minimum Gasteiger partial charge on any atom is -0.310 e. The molecule has 1 heterocycles. The fraction of sp³-hybridized carbons (Fsp3) is 0.786. The number of rotatable bonds is 8. The van der Waals surface area contributed by atoms with E-state index in [0.717, 1.165) is 24.4 Å². The van der Waals surface area contributed by atoms with Gasteiger partial charge in [0.15, 0.2) is 9.84 Å². The van der Waals surface area contributed by atoms with Crippen molar-refractivity contribution >= 4 is 9.84 Å². The van der Waals surface area contributed by atoms with Crippen molar-refractivity contribution in [2.75, 3.05) is 18.1 Å². The zero-order valence-corrected chi connectivity index (χ0v) is 14.0. The van der Waals surface area contributed by atoms with E-state index in [1.165, 1.54) is 5.56 Å². The molecule has 0 aromatic carbocycles. The summed E-state index contributed by atoms with van der Waals surface area (Å²) in [7, 11) is -2.95. The van der Waals surface area contributed by atoms with Gasteiger partial charge in [0.2, 0.25) is 0 Å². The lowest BCUT2D eigenvalue weighted by Gasteiger charge is -2.16. The van der Waals surface area contributed by atoms with Gasteiger partial charge >= 0.3 is 0 Å². The van der Waals surface area contributed by atoms with Gasteiger partial charge < -0.3 is 5.32 Å². The van der Waals surface area contributed by atoms with Crippen LogP contribution in [0.25, 0.3) is 0 Å². The second kappa shape index (κ2) is 7.22. The summed E-state index contributed by atoms with van der Waals surface area (Å²) >= 11 is 0. The number of aryl methyl sites for hydroxylation is 2. The monoisotopic (exact) mass is 301 g/mol. The average Bonchev–Trinajstić information content (AvgIpc) is 2.69. The molecule has 20 heavy (non-hydrogen) atoms. The molecule has 0 fully saturated rings. The van der Waals surface area contributed by atoms with Crippen LogP contribution in [0.15, 0.2) is 0 Å². The number of sulfone groups is 1. The van der Waals surface area contributed by atoms with E-state index in [1.54, 1.807) is 6.92 Å². The molecule has 1 N–H and O–H groups in total. The Hall–Kier alpha value is -0.880. The topological polar surface area (TPSA) is 64.0 Å². The quantitative estimate of drug-likeness (QED) is 0.797. The largest absolute Gasteiger partial charge is 0.310 e. The highest BCUT2D eigenvalue weighted by Crippen LogP contribution is 2.24. The molecule has 6 heteroatoms. The molecular weight excluding hydrogens is 274 g/mol. The normalized spacial score (nSPS) is 13.7. The Bertz CT molecular complexity index is 535. The minimum atomic E-state index is -2.95. The van der Waals surface area contributed by atoms with Crippen molar-refractivity contribution in [3.8, 4) is 0 Å². The smallest absolute Gasteiger partial charge is 0.151 e. The molecule has 0 spiro atoms. The maximum Gasteiger partial charge on any atom is 0.151 e. The highest BCUT2D eigenvalue weighted by Gasteiger charge is 2.19. The van der Waals surface area contributed by atoms with Crippen LogP contribution in [0.5, 0.6) is 0 Å². The van der Waals surface area contributed by atoms with Gasteiger partial charge in [-0.1, -0.05) is 20.8 Å². The number of aromatic nitrogens is 2. The van der Waals surface area contributed by atoms with Crippen molar-refractivity contribution in [3.05, 3.63) is 17.0 Å². The highest BCUT2D eigenvalue weighted by atomic mass is 32.2. The number of nitrogens with one attached hydrogen (secondary N) is 1. The van der Waals surface area contributed by atoms with Crippen LogP contribution in [0, 0.1) is 13.8 Å². The van der Waals surface area contributed by atoms with Crippen LogP contribution >= 0.6 is 0 Å². The van der Waals surface area contributed by atoms with E-state index >= 15 is 0 Å². The van der Waals surface area contributed by atoms with Gasteiger partial charge in [-0.25, -0.2) is 8.42 Å². The molecule has 0 bridgehead atoms. The molecule has 0 aliphatic carbocycles. The third kappa shape index (κ3) is 4.06. The van der Waals surface area contributed by atoms with Gasteiger partial charge in [0.25, 0.3) is 0 Å². The molecule has 0 radical (unpaired) electrons. The first kappa shape index (κ1) is 17.2. The molecule has 0 amide bonds. The van der Waals surface area contributed by atoms with Gasteiger partial charge in [0, 0.05) is 23.1 Å². The molecule has 0 aliphatic heterocycles. The molecule has 0 aliphatic rings. The standard InChI is InChI=1S/C14H27N3O2S/c1-6-13(15-7-2)14-11(4)16-17(12(14)5)9-10-20(18,19)8-3/h13,15H,6-10H2,1-5H3. The van der Waals surface area contributed by atoms with Crippen LogP contribution < -0.4 is 5.32 Å². The summed E-state index contributed by atoms with van der Waals surface area (Å²) in [4.78, 5) is 0. The Labute approximate surface area is 122 Å². The third-order valence-corrected chi connectivity index (χ3v) is 5.38. The number of hydrogen-bond acceptors (Lipinski definition) is 4. The van der Waals surface area contributed by atoms with Gasteiger partial charge in [-0.15, -0.1) is 0 Å². The van der Waals surface area contributed by atoms with Crippen LogP contribution in [-0.2, 0) is 16.4 Å². The zero-order valence-electron chi connectivity index (χ0n) is 13.2. The fourth-order valence-corrected chi connectivity index (χ4v) is 3.24. The van der Waals surface area contributed by atoms with Crippen molar-refractivity contribution in [1.82, 2.24) is 15.1 Å². The van der Waals surface area contributed by atoms with Crippen molar-refractivity contribution in [1.29, 1.82) is 0 Å². The fourth-order valence-electron chi connectivity index (χ4n) is 2.50. The summed E-state index contributed by atoms with van der Waals surface area (Å²) < 4.78 is 25.1. The average molecular weight is 301 g/mol. The zero-order chi connectivity index (χ0) is 15.3. The second-order valence-corrected chi connectivity index (χ2v) is 7.54. The molecule has 1 aromatic heterocycles. The van der Waals surface area contributed by atoms with Crippen LogP contribution in [-0.4, -0.2) is 36.2 Å². The summed E-state index contributed by atoms with van der Waals surface area (Å²) in [5.74, 6) is 0.344. The van der Waals surface area contributed by atoms with E-state index in [0.29, 0.717) is 6.54 Å². The van der Waals surface area contributed by atoms with Crippen molar-refractivity contribution in [3.63, 3.8) is 0 Å². The maximum absolute atomic E-state index is 11.6. The summed E-state index contributed by atoms with van der Waals surface area (Å²) in [6.07, 6.45) is 0.995. The van der Waals surface area contributed by atoms with Gasteiger partial charge in [-0.05, 0) is 26.8 Å². The third-order valence-electron chi connectivity index (χ3n) is 3.70. The predicted molar refractivity (Wildman–Crippen MR) is 82.7 cm³/mol. The van der Waals surface area contributed by atoms with Gasteiger partial charge in [-0.3, -0.25) is 4.68 Å². The van der Waals surface area contributed by atoms with E-state index in [1.807, 2.05) is 18.5 Å². The van der Waals surface area contributed by atoms with E-state index < -0.39 is 9.84 Å². The molecular formula is C14H27N3O2S. The molecule has 1 atom stereocenters. The minimum absolute atomic E-state index is 0.156. The first-order valence-corrected chi connectivity index (χ1v) is 9.16. The van der Waals surface area contributed by atoms with Crippen LogP contribution in [0.3, 0.4) is 0 Å². The van der Waals surface area contributed by atoms with E-state index in [-0.39, 0.29) is 17.5 Å². The molecule has 1 rings (SSSR count). The van der Waals surface area contributed by atoms with E-state index in [2.05, 4.69) is 24.3 Å². The van der Waals surface area contributed by atoms with Gasteiger partial charge in [0.1, 0.15) is 0 Å². The Morgan fingerprint density at radius 2 is 1.90 bits per heavy atom. The van der Waals surface area contributed by atoms with Crippen LogP contribution in [0.4, 0.5) is 0 Å².